The molecule has 88 valence electrons. The van der Waals surface area contributed by atoms with E-state index in [-0.39, 0.29) is 11.5 Å². The Morgan fingerprint density at radius 1 is 0.824 bits per heavy atom. The van der Waals surface area contributed by atoms with Gasteiger partial charge in [-0.2, -0.15) is 0 Å². The second kappa shape index (κ2) is 4.13. The molecular weight excluding hydrogens is 212 g/mol. The van der Waals surface area contributed by atoms with Crippen LogP contribution in [0.3, 0.4) is 0 Å². The number of aryl methyl sites for hydroxylation is 2. The Balaban J connectivity index is 2.77. The van der Waals surface area contributed by atoms with Gasteiger partial charge in [-0.05, 0) is 43.5 Å². The summed E-state index contributed by atoms with van der Waals surface area (Å²) in [7, 11) is 0. The van der Waals surface area contributed by atoms with Crippen molar-refractivity contribution in [2.24, 2.45) is 0 Å². The van der Waals surface area contributed by atoms with Crippen molar-refractivity contribution in [3.8, 4) is 22.6 Å². The lowest BCUT2D eigenvalue weighted by atomic mass is 9.94. The van der Waals surface area contributed by atoms with E-state index in [2.05, 4.69) is 0 Å². The number of benzene rings is 2. The number of phenolic OH excluding ortho intramolecular Hbond substituents is 2. The van der Waals surface area contributed by atoms with Gasteiger partial charge in [0.1, 0.15) is 11.5 Å². The lowest BCUT2D eigenvalue weighted by molar-refractivity contribution is 0.466. The van der Waals surface area contributed by atoms with Crippen LogP contribution in [0.2, 0.25) is 0 Å². The zero-order valence-corrected chi connectivity index (χ0v) is 10.3. The van der Waals surface area contributed by atoms with E-state index in [0.29, 0.717) is 11.1 Å². The van der Waals surface area contributed by atoms with Crippen molar-refractivity contribution in [2.75, 3.05) is 0 Å². The molecule has 0 aliphatic carbocycles. The Kier molecular flexibility index (Phi) is 2.80. The van der Waals surface area contributed by atoms with Crippen LogP contribution in [0.15, 0.2) is 30.3 Å². The van der Waals surface area contributed by atoms with Gasteiger partial charge in [0.25, 0.3) is 0 Å². The molecule has 17 heavy (non-hydrogen) atoms. The molecule has 0 heterocycles. The molecule has 0 aromatic heterocycles. The highest BCUT2D eigenvalue weighted by atomic mass is 16.3. The maximum atomic E-state index is 10.1. The first kappa shape index (κ1) is 11.5. The van der Waals surface area contributed by atoms with Crippen LogP contribution in [0, 0.1) is 20.8 Å². The van der Waals surface area contributed by atoms with Gasteiger partial charge in [-0.15, -0.1) is 0 Å². The average Bonchev–Trinajstić information content (AvgIpc) is 2.30. The molecule has 0 spiro atoms. The largest absolute Gasteiger partial charge is 0.507 e. The number of hydrogen-bond donors (Lipinski definition) is 2. The van der Waals surface area contributed by atoms with Crippen molar-refractivity contribution in [2.45, 2.75) is 20.8 Å². The van der Waals surface area contributed by atoms with Gasteiger partial charge in [-0.3, -0.25) is 0 Å². The Morgan fingerprint density at radius 3 is 2.24 bits per heavy atom. The highest BCUT2D eigenvalue weighted by Gasteiger charge is 2.14. The van der Waals surface area contributed by atoms with Crippen LogP contribution in [0.5, 0.6) is 11.5 Å². The fraction of sp³-hybridized carbons (Fsp3) is 0.200. The summed E-state index contributed by atoms with van der Waals surface area (Å²) in [5, 5.41) is 20.1. The van der Waals surface area contributed by atoms with Crippen molar-refractivity contribution >= 4 is 0 Å². The minimum absolute atomic E-state index is 0.203. The molecule has 2 aromatic carbocycles. The van der Waals surface area contributed by atoms with E-state index in [0.717, 1.165) is 16.7 Å². The Hall–Kier alpha value is -1.96. The van der Waals surface area contributed by atoms with E-state index >= 15 is 0 Å². The molecule has 2 rings (SSSR count). The molecular formula is C15H16O2. The second-order valence-electron chi connectivity index (χ2n) is 4.37. The first-order chi connectivity index (χ1) is 8.02. The minimum atomic E-state index is 0.203. The second-order valence-corrected chi connectivity index (χ2v) is 4.37. The van der Waals surface area contributed by atoms with Crippen molar-refractivity contribution in [3.63, 3.8) is 0 Å². The van der Waals surface area contributed by atoms with Crippen LogP contribution in [0.25, 0.3) is 11.1 Å². The fourth-order valence-electron chi connectivity index (χ4n) is 2.00. The van der Waals surface area contributed by atoms with Crippen molar-refractivity contribution < 1.29 is 10.2 Å². The molecule has 2 aromatic rings. The predicted molar refractivity (Wildman–Crippen MR) is 69.4 cm³/mol. The fourth-order valence-corrected chi connectivity index (χ4v) is 2.00. The SMILES string of the molecule is Cc1ccc(O)c(-c2cccc(C)c2O)c1C. The smallest absolute Gasteiger partial charge is 0.126 e. The molecule has 2 N–H and O–H groups in total. The monoisotopic (exact) mass is 228 g/mol. The number of para-hydroxylation sites is 1. The Bertz CT molecular complexity index is 571. The lowest BCUT2D eigenvalue weighted by Gasteiger charge is -2.13. The zero-order chi connectivity index (χ0) is 12.6. The highest BCUT2D eigenvalue weighted by molar-refractivity contribution is 5.79. The first-order valence-electron chi connectivity index (χ1n) is 5.60. The Morgan fingerprint density at radius 2 is 1.53 bits per heavy atom. The summed E-state index contributed by atoms with van der Waals surface area (Å²) in [5.41, 5.74) is 4.29. The minimum Gasteiger partial charge on any atom is -0.507 e. The molecule has 0 radical (unpaired) electrons. The molecule has 2 heteroatoms. The molecule has 2 nitrogen and oxygen atoms in total. The summed E-state index contributed by atoms with van der Waals surface area (Å²) in [6, 6.07) is 9.09. The quantitative estimate of drug-likeness (QED) is 0.781. The van der Waals surface area contributed by atoms with E-state index in [1.54, 1.807) is 6.07 Å². The maximum absolute atomic E-state index is 10.1. The maximum Gasteiger partial charge on any atom is 0.126 e. The number of hydrogen-bond acceptors (Lipinski definition) is 2. The van der Waals surface area contributed by atoms with Gasteiger partial charge in [0.05, 0.1) is 0 Å². The summed E-state index contributed by atoms with van der Waals surface area (Å²) in [4.78, 5) is 0. The van der Waals surface area contributed by atoms with E-state index in [1.807, 2.05) is 45.0 Å². The molecule has 0 aliphatic rings. The standard InChI is InChI=1S/C15H16O2/c1-9-7-8-13(16)14(11(9)3)12-6-4-5-10(2)15(12)17/h4-8,16-17H,1-3H3. The molecule has 0 unspecified atom stereocenters. The molecule has 0 aliphatic heterocycles. The first-order valence-corrected chi connectivity index (χ1v) is 5.60. The summed E-state index contributed by atoms with van der Waals surface area (Å²) < 4.78 is 0. The van der Waals surface area contributed by atoms with E-state index in [4.69, 9.17) is 0 Å². The third kappa shape index (κ3) is 1.86. The molecule has 0 fully saturated rings. The lowest BCUT2D eigenvalue weighted by Crippen LogP contribution is -1.90. The summed E-state index contributed by atoms with van der Waals surface area (Å²) in [6.45, 7) is 5.79. The van der Waals surface area contributed by atoms with Crippen LogP contribution >= 0.6 is 0 Å². The van der Waals surface area contributed by atoms with E-state index < -0.39 is 0 Å². The van der Waals surface area contributed by atoms with Crippen LogP contribution in [0.4, 0.5) is 0 Å². The zero-order valence-electron chi connectivity index (χ0n) is 10.3. The highest BCUT2D eigenvalue weighted by Crippen LogP contribution is 2.39. The Labute approximate surface area is 101 Å². The van der Waals surface area contributed by atoms with Gasteiger partial charge in [0.2, 0.25) is 0 Å². The number of aromatic hydroxyl groups is 2. The van der Waals surface area contributed by atoms with Gasteiger partial charge in [0, 0.05) is 11.1 Å². The summed E-state index contributed by atoms with van der Waals surface area (Å²) in [5.74, 6) is 0.436. The van der Waals surface area contributed by atoms with Crippen molar-refractivity contribution in [3.05, 3.63) is 47.0 Å². The summed E-state index contributed by atoms with van der Waals surface area (Å²) >= 11 is 0. The van der Waals surface area contributed by atoms with Crippen LogP contribution in [0.1, 0.15) is 16.7 Å². The average molecular weight is 228 g/mol. The van der Waals surface area contributed by atoms with Gasteiger partial charge in [-0.25, -0.2) is 0 Å². The van der Waals surface area contributed by atoms with Gasteiger partial charge < -0.3 is 10.2 Å². The topological polar surface area (TPSA) is 40.5 Å². The third-order valence-electron chi connectivity index (χ3n) is 3.22. The predicted octanol–water partition coefficient (Wildman–Crippen LogP) is 3.69. The van der Waals surface area contributed by atoms with Crippen molar-refractivity contribution in [1.29, 1.82) is 0 Å². The van der Waals surface area contributed by atoms with E-state index in [9.17, 15) is 10.2 Å². The third-order valence-corrected chi connectivity index (χ3v) is 3.22. The number of rotatable bonds is 1. The molecule has 0 saturated heterocycles. The van der Waals surface area contributed by atoms with Crippen LogP contribution < -0.4 is 0 Å². The van der Waals surface area contributed by atoms with Gasteiger partial charge in [-0.1, -0.05) is 24.3 Å². The van der Waals surface area contributed by atoms with Crippen molar-refractivity contribution in [1.82, 2.24) is 0 Å². The molecule has 0 atom stereocenters. The van der Waals surface area contributed by atoms with Gasteiger partial charge >= 0.3 is 0 Å². The van der Waals surface area contributed by atoms with Gasteiger partial charge in [0.15, 0.2) is 0 Å². The number of phenols is 2. The molecule has 0 amide bonds. The molecule has 0 saturated carbocycles. The van der Waals surface area contributed by atoms with E-state index in [1.165, 1.54) is 0 Å². The molecule has 0 bridgehead atoms. The normalized spacial score (nSPS) is 10.5. The summed E-state index contributed by atoms with van der Waals surface area (Å²) in [6.07, 6.45) is 0. The van der Waals surface area contributed by atoms with Crippen LogP contribution in [-0.4, -0.2) is 10.2 Å². The van der Waals surface area contributed by atoms with Crippen LogP contribution in [-0.2, 0) is 0 Å².